The summed E-state index contributed by atoms with van der Waals surface area (Å²) in [6, 6.07) is 23.2. The van der Waals surface area contributed by atoms with Crippen LogP contribution in [0.3, 0.4) is 0 Å². The molecule has 5 nitrogen and oxygen atoms in total. The second-order valence-corrected chi connectivity index (χ2v) is 10.1. The molecule has 5 heteroatoms. The molecule has 2 fully saturated rings. The number of hydrogen-bond donors (Lipinski definition) is 2. The van der Waals surface area contributed by atoms with E-state index in [-0.39, 0.29) is 12.7 Å². The van der Waals surface area contributed by atoms with Crippen LogP contribution in [0.4, 0.5) is 5.69 Å². The Hall–Kier alpha value is -3.47. The van der Waals surface area contributed by atoms with Crippen molar-refractivity contribution in [2.45, 2.75) is 37.8 Å². The van der Waals surface area contributed by atoms with E-state index in [0.29, 0.717) is 24.4 Å². The molecule has 5 atom stereocenters. The molecule has 2 saturated carbocycles. The van der Waals surface area contributed by atoms with Gasteiger partial charge in [0.15, 0.2) is 11.5 Å². The van der Waals surface area contributed by atoms with E-state index in [4.69, 9.17) is 9.47 Å². The van der Waals surface area contributed by atoms with Gasteiger partial charge in [0.25, 0.3) is 5.91 Å². The summed E-state index contributed by atoms with van der Waals surface area (Å²) in [7, 11) is 0. The average molecular weight is 453 g/mol. The van der Waals surface area contributed by atoms with Crippen LogP contribution in [0, 0.1) is 17.8 Å². The Morgan fingerprint density at radius 2 is 1.79 bits per heavy atom. The van der Waals surface area contributed by atoms with Gasteiger partial charge in [-0.2, -0.15) is 0 Å². The number of carbonyl (C=O) groups excluding carboxylic acids is 1. The molecule has 2 aliphatic heterocycles. The SMILES string of the molecule is O=C(NCc1ccc2c(c1)OCO2)c1ccc2c(c1)[C@@H]1[C@@H]3CC[C@@H](C3)[C@@H]1[C@@H](c1ccccc1)N2. The summed E-state index contributed by atoms with van der Waals surface area (Å²) in [6.07, 6.45) is 3.97. The minimum atomic E-state index is -0.0367. The Morgan fingerprint density at radius 1 is 0.941 bits per heavy atom. The van der Waals surface area contributed by atoms with Crippen LogP contribution < -0.4 is 20.1 Å². The molecule has 2 bridgehead atoms. The van der Waals surface area contributed by atoms with Gasteiger partial charge in [0.05, 0.1) is 6.04 Å². The standard InChI is InChI=1S/C29H28N2O3/c32-29(30-15-17-6-11-24-25(12-17)34-16-33-24)21-9-10-23-22(14-21)26-19-7-8-20(13-19)27(26)28(31-23)18-4-2-1-3-5-18/h1-6,9-12,14,19-20,26-28,31H,7-8,13,15-16H2,(H,30,32)/t19-,20+,26+,27+,28-/m1/s1. The molecule has 2 heterocycles. The normalized spacial score (nSPS) is 27.6. The van der Waals surface area contributed by atoms with Crippen molar-refractivity contribution >= 4 is 11.6 Å². The lowest BCUT2D eigenvalue weighted by molar-refractivity contribution is 0.0950. The number of rotatable bonds is 4. The van der Waals surface area contributed by atoms with Gasteiger partial charge in [0, 0.05) is 17.8 Å². The first-order valence-electron chi connectivity index (χ1n) is 12.4. The third kappa shape index (κ3) is 3.17. The zero-order valence-electron chi connectivity index (χ0n) is 19.0. The predicted molar refractivity (Wildman–Crippen MR) is 130 cm³/mol. The molecule has 172 valence electrons. The van der Waals surface area contributed by atoms with Gasteiger partial charge < -0.3 is 20.1 Å². The molecule has 4 aliphatic rings. The van der Waals surface area contributed by atoms with Crippen LogP contribution in [0.5, 0.6) is 11.5 Å². The fourth-order valence-electron chi connectivity index (χ4n) is 6.95. The Balaban J connectivity index is 1.15. The maximum absolute atomic E-state index is 13.1. The molecular weight excluding hydrogens is 424 g/mol. The number of benzene rings is 3. The summed E-state index contributed by atoms with van der Waals surface area (Å²) < 4.78 is 10.8. The summed E-state index contributed by atoms with van der Waals surface area (Å²) in [5.41, 5.74) is 5.63. The lowest BCUT2D eigenvalue weighted by Gasteiger charge is -2.43. The highest BCUT2D eigenvalue weighted by molar-refractivity contribution is 5.95. The topological polar surface area (TPSA) is 59.6 Å². The first-order valence-corrected chi connectivity index (χ1v) is 12.4. The molecule has 3 aromatic rings. The van der Waals surface area contributed by atoms with Gasteiger partial charge in [-0.3, -0.25) is 4.79 Å². The maximum Gasteiger partial charge on any atom is 0.251 e. The van der Waals surface area contributed by atoms with Gasteiger partial charge in [-0.05, 0) is 90.0 Å². The highest BCUT2D eigenvalue weighted by Gasteiger charge is 2.53. The molecule has 0 radical (unpaired) electrons. The second kappa shape index (κ2) is 7.79. The van der Waals surface area contributed by atoms with Crippen molar-refractivity contribution in [3.8, 4) is 11.5 Å². The van der Waals surface area contributed by atoms with Gasteiger partial charge in [-0.25, -0.2) is 0 Å². The van der Waals surface area contributed by atoms with Crippen LogP contribution in [0.1, 0.15) is 58.3 Å². The van der Waals surface area contributed by atoms with E-state index in [0.717, 1.165) is 34.5 Å². The van der Waals surface area contributed by atoms with Crippen LogP contribution in [0.25, 0.3) is 0 Å². The van der Waals surface area contributed by atoms with Gasteiger partial charge in [0.2, 0.25) is 6.79 Å². The van der Waals surface area contributed by atoms with E-state index in [1.54, 1.807) is 0 Å². The number of carbonyl (C=O) groups is 1. The Kier molecular flexibility index (Phi) is 4.57. The van der Waals surface area contributed by atoms with Crippen LogP contribution in [-0.2, 0) is 6.54 Å². The van der Waals surface area contributed by atoms with Crippen molar-refractivity contribution in [2.75, 3.05) is 12.1 Å². The van der Waals surface area contributed by atoms with Crippen molar-refractivity contribution < 1.29 is 14.3 Å². The number of hydrogen-bond acceptors (Lipinski definition) is 4. The minimum Gasteiger partial charge on any atom is -0.454 e. The van der Waals surface area contributed by atoms with Crippen LogP contribution in [0.15, 0.2) is 66.7 Å². The van der Waals surface area contributed by atoms with E-state index in [2.05, 4.69) is 53.1 Å². The van der Waals surface area contributed by atoms with Crippen LogP contribution in [-0.4, -0.2) is 12.7 Å². The number of nitrogens with one attached hydrogen (secondary N) is 2. The lowest BCUT2D eigenvalue weighted by Crippen LogP contribution is -2.35. The number of amides is 1. The molecule has 7 rings (SSSR count). The molecule has 0 spiro atoms. The zero-order chi connectivity index (χ0) is 22.6. The van der Waals surface area contributed by atoms with E-state index in [9.17, 15) is 4.79 Å². The van der Waals surface area contributed by atoms with Gasteiger partial charge in [-0.15, -0.1) is 0 Å². The van der Waals surface area contributed by atoms with Gasteiger partial charge in [-0.1, -0.05) is 36.4 Å². The lowest BCUT2D eigenvalue weighted by atomic mass is 9.68. The van der Waals surface area contributed by atoms with Crippen molar-refractivity contribution in [2.24, 2.45) is 17.8 Å². The highest BCUT2D eigenvalue weighted by Crippen LogP contribution is 2.63. The largest absolute Gasteiger partial charge is 0.454 e. The van der Waals surface area contributed by atoms with E-state index in [1.165, 1.54) is 36.1 Å². The van der Waals surface area contributed by atoms with Crippen molar-refractivity contribution in [1.82, 2.24) is 5.32 Å². The molecule has 0 unspecified atom stereocenters. The number of anilines is 1. The predicted octanol–water partition coefficient (Wildman–Crippen LogP) is 5.64. The molecule has 0 saturated heterocycles. The van der Waals surface area contributed by atoms with Crippen LogP contribution in [0.2, 0.25) is 0 Å². The Bertz CT molecular complexity index is 1260. The van der Waals surface area contributed by atoms with Crippen molar-refractivity contribution in [3.63, 3.8) is 0 Å². The third-order valence-electron chi connectivity index (χ3n) is 8.40. The van der Waals surface area contributed by atoms with E-state index < -0.39 is 0 Å². The molecule has 2 aliphatic carbocycles. The number of ether oxygens (including phenoxy) is 2. The summed E-state index contributed by atoms with van der Waals surface area (Å²) in [5.74, 6) is 4.08. The summed E-state index contributed by atoms with van der Waals surface area (Å²) >= 11 is 0. The fourth-order valence-corrected chi connectivity index (χ4v) is 6.95. The Labute approximate surface area is 199 Å². The quantitative estimate of drug-likeness (QED) is 0.538. The van der Waals surface area contributed by atoms with Crippen molar-refractivity contribution in [3.05, 3.63) is 89.0 Å². The van der Waals surface area contributed by atoms with Gasteiger partial charge >= 0.3 is 0 Å². The maximum atomic E-state index is 13.1. The monoisotopic (exact) mass is 452 g/mol. The smallest absolute Gasteiger partial charge is 0.251 e. The van der Waals surface area contributed by atoms with Crippen LogP contribution >= 0.6 is 0 Å². The summed E-state index contributed by atoms with van der Waals surface area (Å²) in [4.78, 5) is 13.1. The first-order chi connectivity index (χ1) is 16.7. The fraction of sp³-hybridized carbons (Fsp3) is 0.345. The minimum absolute atomic E-state index is 0.0367. The zero-order valence-corrected chi connectivity index (χ0v) is 19.0. The molecule has 0 aromatic heterocycles. The highest BCUT2D eigenvalue weighted by atomic mass is 16.7. The average Bonchev–Trinajstić information content (AvgIpc) is 3.63. The summed E-state index contributed by atoms with van der Waals surface area (Å²) in [6.45, 7) is 0.709. The van der Waals surface area contributed by atoms with Crippen molar-refractivity contribution in [1.29, 1.82) is 0 Å². The molecule has 1 amide bonds. The number of fused-ring (bicyclic) bond motifs is 8. The first kappa shape index (κ1) is 20.0. The molecular formula is C29H28N2O3. The third-order valence-corrected chi connectivity index (χ3v) is 8.40. The molecule has 2 N–H and O–H groups in total. The summed E-state index contributed by atoms with van der Waals surface area (Å²) in [5, 5.41) is 6.95. The van der Waals surface area contributed by atoms with E-state index in [1.807, 2.05) is 24.3 Å². The molecule has 3 aromatic carbocycles. The Morgan fingerprint density at radius 3 is 2.71 bits per heavy atom. The van der Waals surface area contributed by atoms with E-state index >= 15 is 0 Å². The van der Waals surface area contributed by atoms with Gasteiger partial charge in [0.1, 0.15) is 0 Å². The second-order valence-electron chi connectivity index (χ2n) is 10.1. The molecule has 34 heavy (non-hydrogen) atoms.